The zero-order valence-electron chi connectivity index (χ0n) is 40.9. The average Bonchev–Trinajstić information content (AvgIpc) is 3.92. The number of primary amides is 1. The highest BCUT2D eigenvalue weighted by atomic mass is 32.2. The highest BCUT2D eigenvalue weighted by molar-refractivity contribution is 7.91. The van der Waals surface area contributed by atoms with Gasteiger partial charge in [-0.1, -0.05) is 40.0 Å². The molecule has 14 N–H and O–H groups in total. The molecule has 3 aliphatic rings. The van der Waals surface area contributed by atoms with Crippen LogP contribution in [0, 0.1) is 11.8 Å². The summed E-state index contributed by atoms with van der Waals surface area (Å²) in [7, 11) is 1.88. The zero-order valence-corrected chi connectivity index (χ0v) is 41.7. The van der Waals surface area contributed by atoms with Gasteiger partial charge in [0.2, 0.25) is 58.2 Å². The van der Waals surface area contributed by atoms with Gasteiger partial charge in [0, 0.05) is 53.5 Å². The van der Waals surface area contributed by atoms with Crippen LogP contribution < -0.4 is 53.0 Å². The van der Waals surface area contributed by atoms with Crippen molar-refractivity contribution in [1.29, 1.82) is 0 Å². The lowest BCUT2D eigenvalue weighted by atomic mass is 9.93. The zero-order chi connectivity index (χ0) is 52.8. The second-order valence-electron chi connectivity index (χ2n) is 18.5. The third-order valence-electron chi connectivity index (χ3n) is 13.1. The van der Waals surface area contributed by atoms with Crippen LogP contribution in [0.4, 0.5) is 0 Å². The first kappa shape index (κ1) is 56.8. The van der Waals surface area contributed by atoms with Gasteiger partial charge >= 0.3 is 0 Å². The Morgan fingerprint density at radius 3 is 2.26 bits per heavy atom. The molecule has 0 aliphatic carbocycles. The van der Waals surface area contributed by atoms with E-state index in [0.717, 1.165) is 37.1 Å². The van der Waals surface area contributed by atoms with Crippen molar-refractivity contribution in [2.45, 2.75) is 126 Å². The number of aromatic amines is 1. The maximum absolute atomic E-state index is 14.9. The minimum absolute atomic E-state index is 0.0944. The Morgan fingerprint density at radius 2 is 1.58 bits per heavy atom. The van der Waals surface area contributed by atoms with Gasteiger partial charge in [0.1, 0.15) is 41.7 Å². The van der Waals surface area contributed by atoms with Crippen LogP contribution in [0.2, 0.25) is 0 Å². The topological polar surface area (TPSA) is 388 Å². The van der Waals surface area contributed by atoms with Crippen LogP contribution in [0.3, 0.4) is 0 Å². The molecule has 25 nitrogen and oxygen atoms in total. The lowest BCUT2D eigenvalue weighted by Gasteiger charge is -2.32. The van der Waals surface area contributed by atoms with Crippen molar-refractivity contribution in [3.8, 4) is 5.75 Å². The van der Waals surface area contributed by atoms with Crippen LogP contribution in [0.1, 0.15) is 71.3 Å². The van der Waals surface area contributed by atoms with Gasteiger partial charge in [-0.05, 0) is 44.5 Å². The quantitative estimate of drug-likeness (QED) is 0.0591. The minimum atomic E-state index is -2.36. The number of carbonyl (C=O) groups is 9. The van der Waals surface area contributed by atoms with E-state index in [0.29, 0.717) is 29.7 Å². The number of carbonyl (C=O) groups excluding carboxylic acids is 9. The Balaban J connectivity index is 1.70. The summed E-state index contributed by atoms with van der Waals surface area (Å²) in [5, 5.41) is 52.4. The van der Waals surface area contributed by atoms with E-state index in [1.165, 1.54) is 6.92 Å². The van der Waals surface area contributed by atoms with Crippen LogP contribution in [0.5, 0.6) is 5.75 Å². The first-order chi connectivity index (χ1) is 34.3. The van der Waals surface area contributed by atoms with Crippen molar-refractivity contribution in [2.75, 3.05) is 52.2 Å². The third kappa shape index (κ3) is 15.0. The van der Waals surface area contributed by atoms with Crippen molar-refractivity contribution in [2.24, 2.45) is 17.6 Å². The highest BCUT2D eigenvalue weighted by Gasteiger charge is 2.45. The monoisotopic (exact) mass is 1030 g/mol. The van der Waals surface area contributed by atoms with Crippen LogP contribution in [-0.2, 0) is 60.7 Å². The molecular weight excluding hydrogens is 963 g/mol. The molecule has 4 heterocycles. The van der Waals surface area contributed by atoms with E-state index >= 15 is 0 Å². The molecule has 9 amide bonds. The molecular formula is C46H69N11O14S. The molecule has 1 aromatic heterocycles. The van der Waals surface area contributed by atoms with E-state index in [4.69, 9.17) is 10.5 Å². The minimum Gasteiger partial charge on any atom is -0.610 e. The Labute approximate surface area is 419 Å². The number of hydrogen-bond acceptors (Lipinski definition) is 15. The lowest BCUT2D eigenvalue weighted by molar-refractivity contribution is -0.144. The fraction of sp³-hybridized carbons (Fsp3) is 0.630. The molecule has 0 spiro atoms. The number of amides is 9. The molecule has 398 valence electrons. The summed E-state index contributed by atoms with van der Waals surface area (Å²) < 4.78 is 21.0. The highest BCUT2D eigenvalue weighted by Crippen LogP contribution is 2.32. The molecule has 0 saturated carbocycles. The summed E-state index contributed by atoms with van der Waals surface area (Å²) >= 11 is -2.36. The lowest BCUT2D eigenvalue weighted by Crippen LogP contribution is -2.62. The fourth-order valence-corrected chi connectivity index (χ4v) is 10.1. The van der Waals surface area contributed by atoms with Crippen LogP contribution in [0.25, 0.3) is 10.9 Å². The smallest absolute Gasteiger partial charge is 0.248 e. The van der Waals surface area contributed by atoms with Crippen LogP contribution in [-0.4, -0.2) is 184 Å². The third-order valence-corrected chi connectivity index (χ3v) is 14.5. The van der Waals surface area contributed by atoms with Crippen molar-refractivity contribution >= 4 is 75.2 Å². The number of hydrogen-bond donors (Lipinski definition) is 13. The molecule has 3 aliphatic heterocycles. The van der Waals surface area contributed by atoms with Gasteiger partial charge in [0.25, 0.3) is 0 Å². The molecule has 2 aromatic rings. The van der Waals surface area contributed by atoms with Gasteiger partial charge in [-0.3, -0.25) is 43.2 Å². The van der Waals surface area contributed by atoms with Gasteiger partial charge in [-0.25, -0.2) is 0 Å². The molecule has 11 atom stereocenters. The molecule has 26 heteroatoms. The summed E-state index contributed by atoms with van der Waals surface area (Å²) in [6.07, 6.45) is -0.698. The average molecular weight is 1030 g/mol. The predicted molar refractivity (Wildman–Crippen MR) is 258 cm³/mol. The number of rotatable bonds is 15. The van der Waals surface area contributed by atoms with Gasteiger partial charge in [0.05, 0.1) is 50.4 Å². The normalized spacial score (nSPS) is 26.6. The number of benzene rings is 1. The molecule has 2 unspecified atom stereocenters. The molecule has 0 radical (unpaired) electrons. The number of nitrogens with two attached hydrogens (primary N) is 1. The van der Waals surface area contributed by atoms with E-state index in [9.17, 15) is 63.0 Å². The van der Waals surface area contributed by atoms with Crippen LogP contribution in [0.15, 0.2) is 23.2 Å². The van der Waals surface area contributed by atoms with Crippen molar-refractivity contribution < 1.29 is 67.8 Å². The van der Waals surface area contributed by atoms with Crippen molar-refractivity contribution in [1.82, 2.24) is 52.4 Å². The Morgan fingerprint density at radius 1 is 0.889 bits per heavy atom. The van der Waals surface area contributed by atoms with E-state index in [1.54, 1.807) is 32.0 Å². The standard InChI is InChI=1S/C46H69N11O14S/c1-5-23(2)38-43(67)50-18-36(62)51-32-22-72(70)45-28(27-11-10-26(15-29(27)54-45)71-13-9-7-6-8-12-48-4)16-30(40(64)49-19-37(63)55-38)52-44(68)39(24(3)34(60)21-58)56-42(66)33-14-25(59)20-57(33)46(69)31(17-35(47)61)53-41(32)65/h10-11,15,23-25,30-34,38-39,48,54,58-60H,5-9,12-14,16-22H2,1-4H3,(H2,47,61)(H,49,64)(H,50,67)(H,51,62)(H,52,68)(H,53,65)(H,55,63)(H,56,66)/t23-,24-,25+,30-,31-,32-,33-,34-,38?,39-,72?/m0/s1. The molecule has 5 rings (SSSR count). The number of aliphatic hydroxyl groups excluding tert-OH is 3. The largest absolute Gasteiger partial charge is 0.610 e. The molecule has 72 heavy (non-hydrogen) atoms. The number of aromatic nitrogens is 1. The number of aliphatic hydroxyl groups is 3. The van der Waals surface area contributed by atoms with E-state index in [1.807, 2.05) is 7.05 Å². The molecule has 2 bridgehead atoms. The molecule has 1 aromatic carbocycles. The summed E-state index contributed by atoms with van der Waals surface area (Å²) in [4.78, 5) is 129. The molecule has 1 fully saturated rings. The summed E-state index contributed by atoms with van der Waals surface area (Å²) in [6, 6.07) is -4.98. The number of fused-ring (bicyclic) bond motifs is 5. The number of nitrogens with zero attached hydrogens (tertiary/aromatic N) is 1. The number of H-pyrrole nitrogens is 1. The van der Waals surface area contributed by atoms with Crippen LogP contribution >= 0.6 is 0 Å². The first-order valence-corrected chi connectivity index (χ1v) is 25.5. The second kappa shape index (κ2) is 26.6. The Kier molecular flexibility index (Phi) is 21.0. The summed E-state index contributed by atoms with van der Waals surface area (Å²) in [5.41, 5.74) is 6.03. The predicted octanol–water partition coefficient (Wildman–Crippen LogP) is -4.47. The van der Waals surface area contributed by atoms with E-state index in [2.05, 4.69) is 47.5 Å². The number of nitrogens with one attached hydrogen (secondary N) is 9. The molecule has 1 saturated heterocycles. The fourth-order valence-electron chi connectivity index (χ4n) is 8.73. The van der Waals surface area contributed by atoms with E-state index < -0.39 is 176 Å². The van der Waals surface area contributed by atoms with Gasteiger partial charge in [-0.15, -0.1) is 0 Å². The number of ether oxygens (including phenoxy) is 1. The van der Waals surface area contributed by atoms with Crippen molar-refractivity contribution in [3.05, 3.63) is 23.8 Å². The van der Waals surface area contributed by atoms with Gasteiger partial charge in [-0.2, -0.15) is 0 Å². The van der Waals surface area contributed by atoms with Gasteiger partial charge in [0.15, 0.2) is 6.04 Å². The second-order valence-corrected chi connectivity index (χ2v) is 19.9. The maximum atomic E-state index is 14.9. The maximum Gasteiger partial charge on any atom is 0.248 e. The first-order valence-electron chi connectivity index (χ1n) is 24.2. The Bertz CT molecular complexity index is 2300. The Hall–Kier alpha value is -6.06. The van der Waals surface area contributed by atoms with E-state index in [-0.39, 0.29) is 10.6 Å². The summed E-state index contributed by atoms with van der Waals surface area (Å²) in [5.74, 6) is -11.2. The van der Waals surface area contributed by atoms with Gasteiger partial charge < -0.3 is 82.8 Å². The van der Waals surface area contributed by atoms with Crippen molar-refractivity contribution in [3.63, 3.8) is 0 Å². The summed E-state index contributed by atoms with van der Waals surface area (Å²) in [6.45, 7) is 3.11. The number of unbranched alkanes of at least 4 members (excludes halogenated alkanes) is 3. The SMILES string of the molecule is CC[C@H](C)C1NC(=O)CNC(=O)[C@@H]2Cc3c([nH]c4cc(OCCCCCCNC)ccc34)[S+]([O-])C[C@H](NC(=O)CNC1=O)C(=O)N[C@@H](CC(N)=O)C(=O)N1C[C@H](O)C[C@H]1C(=O)N[C@@H]([C@@H](C)[C@@H](O)CO)C(=O)N2.